The molecule has 0 saturated heterocycles. The van der Waals surface area contributed by atoms with Crippen molar-refractivity contribution >= 4 is 5.78 Å². The van der Waals surface area contributed by atoms with E-state index >= 15 is 0 Å². The number of methoxy groups -OCH3 is 1. The van der Waals surface area contributed by atoms with Gasteiger partial charge in [0, 0.05) is 19.6 Å². The van der Waals surface area contributed by atoms with Crippen LogP contribution in [0, 0.1) is 35.0 Å². The van der Waals surface area contributed by atoms with Crippen LogP contribution >= 0.6 is 0 Å². The quantitative estimate of drug-likeness (QED) is 0.359. The Balaban J connectivity index is 3.24. The van der Waals surface area contributed by atoms with Crippen molar-refractivity contribution in [1.82, 2.24) is 0 Å². The maximum Gasteiger partial charge on any atom is 0.200 e. The van der Waals surface area contributed by atoms with Gasteiger partial charge in [0.05, 0.1) is 5.56 Å². The minimum Gasteiger partial charge on any atom is -0.385 e. The van der Waals surface area contributed by atoms with Crippen molar-refractivity contribution in [1.29, 1.82) is 0 Å². The molecule has 7 heteroatoms. The second-order valence-electron chi connectivity index (χ2n) is 3.99. The molecular weight excluding hydrogens is 271 g/mol. The Labute approximate surface area is 106 Å². The smallest absolute Gasteiger partial charge is 0.200 e. The third kappa shape index (κ3) is 2.91. The predicted octanol–water partition coefficient (Wildman–Crippen LogP) is 3.24. The summed E-state index contributed by atoms with van der Waals surface area (Å²) in [5, 5.41) is 0. The normalized spacial score (nSPS) is 12.6. The number of carbonyl (C=O) groups excluding carboxylic acids is 1. The van der Waals surface area contributed by atoms with Gasteiger partial charge < -0.3 is 4.74 Å². The van der Waals surface area contributed by atoms with Crippen LogP contribution in [-0.4, -0.2) is 19.5 Å². The summed E-state index contributed by atoms with van der Waals surface area (Å²) in [4.78, 5) is 11.7. The molecule has 0 saturated carbocycles. The van der Waals surface area contributed by atoms with E-state index in [4.69, 9.17) is 0 Å². The highest BCUT2D eigenvalue weighted by molar-refractivity contribution is 5.98. The fourth-order valence-electron chi connectivity index (χ4n) is 1.49. The van der Waals surface area contributed by atoms with Gasteiger partial charge in [0.25, 0.3) is 0 Å². The molecule has 0 aliphatic rings. The Morgan fingerprint density at radius 3 is 1.84 bits per heavy atom. The van der Waals surface area contributed by atoms with Crippen LogP contribution in [0.1, 0.15) is 23.7 Å². The van der Waals surface area contributed by atoms with Crippen LogP contribution < -0.4 is 0 Å². The number of rotatable bonds is 5. The molecule has 1 rings (SSSR count). The van der Waals surface area contributed by atoms with E-state index in [0.29, 0.717) is 0 Å². The highest BCUT2D eigenvalue weighted by Gasteiger charge is 2.31. The first-order chi connectivity index (χ1) is 8.82. The highest BCUT2D eigenvalue weighted by atomic mass is 19.2. The zero-order valence-electron chi connectivity index (χ0n) is 10.2. The second-order valence-corrected chi connectivity index (χ2v) is 3.99. The minimum absolute atomic E-state index is 0.106. The maximum atomic E-state index is 13.4. The summed E-state index contributed by atoms with van der Waals surface area (Å²) in [7, 11) is 1.36. The van der Waals surface area contributed by atoms with Gasteiger partial charge in [-0.3, -0.25) is 4.79 Å². The fourth-order valence-corrected chi connectivity index (χ4v) is 1.49. The first-order valence-corrected chi connectivity index (χ1v) is 5.37. The summed E-state index contributed by atoms with van der Waals surface area (Å²) in [5.74, 6) is -12.8. The topological polar surface area (TPSA) is 26.3 Å². The average Bonchev–Trinajstić information content (AvgIpc) is 2.40. The number of benzene rings is 1. The van der Waals surface area contributed by atoms with Crippen LogP contribution in [0.5, 0.6) is 0 Å². The lowest BCUT2D eigenvalue weighted by molar-refractivity contribution is 0.0882. The van der Waals surface area contributed by atoms with E-state index in [1.54, 1.807) is 0 Å². The van der Waals surface area contributed by atoms with Crippen LogP contribution in [0.15, 0.2) is 0 Å². The molecule has 0 bridgehead atoms. The highest BCUT2D eigenvalue weighted by Crippen LogP contribution is 2.25. The van der Waals surface area contributed by atoms with Crippen molar-refractivity contribution < 1.29 is 31.5 Å². The standard InChI is InChI=1S/C12H11F5O2/c1-5(3-4-19-2)12(18)6-7(13)9(15)11(17)10(16)8(6)14/h5H,3-4H2,1-2H3. The van der Waals surface area contributed by atoms with Crippen molar-refractivity contribution in [2.75, 3.05) is 13.7 Å². The third-order valence-corrected chi connectivity index (χ3v) is 2.66. The Morgan fingerprint density at radius 2 is 1.42 bits per heavy atom. The molecule has 0 heterocycles. The summed E-state index contributed by atoms with van der Waals surface area (Å²) in [6.07, 6.45) is 0.106. The molecule has 0 aliphatic heterocycles. The maximum absolute atomic E-state index is 13.4. The molecule has 1 atom stereocenters. The zero-order valence-corrected chi connectivity index (χ0v) is 10.2. The number of hydrogen-bond donors (Lipinski definition) is 0. The van der Waals surface area contributed by atoms with Gasteiger partial charge in [-0.05, 0) is 6.42 Å². The van der Waals surface area contributed by atoms with Crippen LogP contribution in [0.4, 0.5) is 22.0 Å². The van der Waals surface area contributed by atoms with Crippen molar-refractivity contribution in [3.05, 3.63) is 34.6 Å². The fraction of sp³-hybridized carbons (Fsp3) is 0.417. The van der Waals surface area contributed by atoms with Gasteiger partial charge >= 0.3 is 0 Å². The van der Waals surface area contributed by atoms with E-state index in [9.17, 15) is 26.7 Å². The first-order valence-electron chi connectivity index (χ1n) is 5.37. The molecular formula is C12H11F5O2. The van der Waals surface area contributed by atoms with E-state index in [2.05, 4.69) is 4.74 Å². The van der Waals surface area contributed by atoms with Gasteiger partial charge in [-0.1, -0.05) is 6.92 Å². The number of ether oxygens (including phenoxy) is 1. The van der Waals surface area contributed by atoms with Crippen LogP contribution in [0.3, 0.4) is 0 Å². The second kappa shape index (κ2) is 6.10. The summed E-state index contributed by atoms with van der Waals surface area (Å²) in [6.45, 7) is 1.45. The molecule has 1 aromatic rings. The summed E-state index contributed by atoms with van der Waals surface area (Å²) in [6, 6.07) is 0. The molecule has 0 radical (unpaired) electrons. The van der Waals surface area contributed by atoms with Crippen molar-refractivity contribution in [2.24, 2.45) is 5.92 Å². The van der Waals surface area contributed by atoms with Crippen molar-refractivity contribution in [3.63, 3.8) is 0 Å². The Bertz CT molecular complexity index is 472. The molecule has 0 N–H and O–H groups in total. The van der Waals surface area contributed by atoms with Gasteiger partial charge in [0.15, 0.2) is 29.1 Å². The number of ketones is 1. The SMILES string of the molecule is COCCC(C)C(=O)c1c(F)c(F)c(F)c(F)c1F. The molecule has 0 aromatic heterocycles. The van der Waals surface area contributed by atoms with Gasteiger partial charge in [-0.15, -0.1) is 0 Å². The third-order valence-electron chi connectivity index (χ3n) is 2.66. The van der Waals surface area contributed by atoms with Crippen LogP contribution in [0.2, 0.25) is 0 Å². The number of halogens is 5. The Morgan fingerprint density at radius 1 is 1.00 bits per heavy atom. The van der Waals surface area contributed by atoms with Crippen molar-refractivity contribution in [2.45, 2.75) is 13.3 Å². The number of hydrogen-bond acceptors (Lipinski definition) is 2. The largest absolute Gasteiger partial charge is 0.385 e. The van der Waals surface area contributed by atoms with Gasteiger partial charge in [0.2, 0.25) is 5.82 Å². The van der Waals surface area contributed by atoms with Gasteiger partial charge in [-0.25, -0.2) is 22.0 Å². The number of carbonyl (C=O) groups is 1. The zero-order chi connectivity index (χ0) is 14.7. The lowest BCUT2D eigenvalue weighted by Gasteiger charge is -2.12. The lowest BCUT2D eigenvalue weighted by atomic mass is 9.95. The van der Waals surface area contributed by atoms with E-state index in [1.165, 1.54) is 14.0 Å². The Kier molecular flexibility index (Phi) is 4.99. The summed E-state index contributed by atoms with van der Waals surface area (Å²) in [5.41, 5.74) is -1.40. The molecule has 106 valence electrons. The summed E-state index contributed by atoms with van der Waals surface area (Å²) >= 11 is 0. The lowest BCUT2D eigenvalue weighted by Crippen LogP contribution is -2.19. The molecule has 2 nitrogen and oxygen atoms in total. The molecule has 1 aromatic carbocycles. The summed E-state index contributed by atoms with van der Waals surface area (Å²) < 4.78 is 70.1. The first kappa shape index (κ1) is 15.6. The molecule has 0 aliphatic carbocycles. The van der Waals surface area contributed by atoms with Crippen LogP contribution in [-0.2, 0) is 4.74 Å². The van der Waals surface area contributed by atoms with Gasteiger partial charge in [0.1, 0.15) is 0 Å². The average molecular weight is 282 g/mol. The molecule has 0 spiro atoms. The minimum atomic E-state index is -2.28. The monoisotopic (exact) mass is 282 g/mol. The van der Waals surface area contributed by atoms with E-state index in [1.807, 2.05) is 0 Å². The Hall–Kier alpha value is -1.50. The van der Waals surface area contributed by atoms with E-state index in [-0.39, 0.29) is 13.0 Å². The number of Topliss-reactive ketones (excluding diaryl/α,β-unsaturated/α-hetero) is 1. The molecule has 0 fully saturated rings. The van der Waals surface area contributed by atoms with Crippen LogP contribution in [0.25, 0.3) is 0 Å². The van der Waals surface area contributed by atoms with Gasteiger partial charge in [-0.2, -0.15) is 0 Å². The predicted molar refractivity (Wildman–Crippen MR) is 56.2 cm³/mol. The molecule has 19 heavy (non-hydrogen) atoms. The van der Waals surface area contributed by atoms with E-state index < -0.39 is 46.4 Å². The molecule has 1 unspecified atom stereocenters. The molecule has 0 amide bonds. The van der Waals surface area contributed by atoms with Crippen molar-refractivity contribution in [3.8, 4) is 0 Å². The van der Waals surface area contributed by atoms with E-state index in [0.717, 1.165) is 0 Å².